The van der Waals surface area contributed by atoms with Crippen molar-refractivity contribution < 1.29 is 23.5 Å². The Morgan fingerprint density at radius 1 is 1.09 bits per heavy atom. The Morgan fingerprint density at radius 2 is 1.82 bits per heavy atom. The van der Waals surface area contributed by atoms with Crippen LogP contribution in [0.25, 0.3) is 0 Å². The van der Waals surface area contributed by atoms with Gasteiger partial charge in [0.1, 0.15) is 11.8 Å². The van der Waals surface area contributed by atoms with Crippen LogP contribution in [-0.4, -0.2) is 35.1 Å². The molecule has 2 aromatic carbocycles. The Bertz CT molecular complexity index is 1180. The van der Waals surface area contributed by atoms with Gasteiger partial charge in [0.2, 0.25) is 5.91 Å². The molecule has 1 aromatic heterocycles. The number of hydrazone groups is 1. The molecule has 0 saturated carbocycles. The predicted molar refractivity (Wildman–Crippen MR) is 122 cm³/mol. The lowest BCUT2D eigenvalue weighted by atomic mass is 10.0. The third-order valence-corrected chi connectivity index (χ3v) is 5.19. The van der Waals surface area contributed by atoms with E-state index in [2.05, 4.69) is 10.4 Å². The number of carbonyl (C=O) groups excluding carboxylic acids is 3. The Kier molecular flexibility index (Phi) is 6.35. The third kappa shape index (κ3) is 5.17. The van der Waals surface area contributed by atoms with Crippen LogP contribution in [0.3, 0.4) is 0 Å². The van der Waals surface area contributed by atoms with Gasteiger partial charge < -0.3 is 14.5 Å². The number of nitrogens with zero attached hydrogens (tertiary/aromatic N) is 2. The van der Waals surface area contributed by atoms with Crippen molar-refractivity contribution in [3.8, 4) is 0 Å². The summed E-state index contributed by atoms with van der Waals surface area (Å²) < 4.78 is 10.8. The molecule has 0 fully saturated rings. The van der Waals surface area contributed by atoms with Crippen molar-refractivity contribution in [2.75, 3.05) is 11.9 Å². The fourth-order valence-electron chi connectivity index (χ4n) is 3.53. The van der Waals surface area contributed by atoms with Gasteiger partial charge in [0.25, 0.3) is 5.91 Å². The molecule has 8 heteroatoms. The topological polar surface area (TPSA) is 101 Å². The van der Waals surface area contributed by atoms with Crippen LogP contribution in [-0.2, 0) is 14.3 Å². The van der Waals surface area contributed by atoms with Gasteiger partial charge in [0, 0.05) is 19.0 Å². The highest BCUT2D eigenvalue weighted by Gasteiger charge is 2.35. The summed E-state index contributed by atoms with van der Waals surface area (Å²) in [7, 11) is 0. The van der Waals surface area contributed by atoms with E-state index in [1.807, 2.05) is 31.2 Å². The van der Waals surface area contributed by atoms with Crippen molar-refractivity contribution >= 4 is 29.2 Å². The summed E-state index contributed by atoms with van der Waals surface area (Å²) in [5.41, 5.74) is 3.63. The quantitative estimate of drug-likeness (QED) is 0.576. The first kappa shape index (κ1) is 22.0. The second-order valence-electron chi connectivity index (χ2n) is 7.72. The van der Waals surface area contributed by atoms with Gasteiger partial charge in [-0.1, -0.05) is 29.8 Å². The zero-order valence-corrected chi connectivity index (χ0v) is 18.3. The molecule has 0 aliphatic carbocycles. The van der Waals surface area contributed by atoms with E-state index in [4.69, 9.17) is 9.15 Å². The first-order chi connectivity index (χ1) is 15.9. The molecule has 2 amide bonds. The molecule has 2 heterocycles. The average molecular weight is 445 g/mol. The van der Waals surface area contributed by atoms with Crippen LogP contribution in [0.1, 0.15) is 46.6 Å². The molecule has 4 rings (SSSR count). The number of rotatable bonds is 6. The minimum atomic E-state index is -0.644. The van der Waals surface area contributed by atoms with E-state index in [0.29, 0.717) is 17.9 Å². The van der Waals surface area contributed by atoms with E-state index in [-0.39, 0.29) is 11.5 Å². The molecule has 8 nitrogen and oxygen atoms in total. The summed E-state index contributed by atoms with van der Waals surface area (Å²) in [6.07, 6.45) is 2.04. The van der Waals surface area contributed by atoms with E-state index in [1.165, 1.54) is 24.1 Å². The Balaban J connectivity index is 1.45. The third-order valence-electron chi connectivity index (χ3n) is 5.19. The summed E-state index contributed by atoms with van der Waals surface area (Å²) in [5, 5.41) is 8.47. The normalized spacial score (nSPS) is 15.2. The van der Waals surface area contributed by atoms with Gasteiger partial charge in [-0.15, -0.1) is 0 Å². The molecule has 1 unspecified atom stereocenters. The van der Waals surface area contributed by atoms with Crippen LogP contribution in [0.4, 0.5) is 5.69 Å². The van der Waals surface area contributed by atoms with Crippen molar-refractivity contribution in [1.29, 1.82) is 0 Å². The smallest absolute Gasteiger partial charge is 0.338 e. The first-order valence-electron chi connectivity index (χ1n) is 10.5. The van der Waals surface area contributed by atoms with Gasteiger partial charge in [-0.3, -0.25) is 9.59 Å². The number of anilines is 1. The largest absolute Gasteiger partial charge is 0.467 e. The fraction of sp³-hybridized carbons (Fsp3) is 0.200. The number of nitrogens with one attached hydrogen (secondary N) is 1. The average Bonchev–Trinajstić information content (AvgIpc) is 3.48. The monoisotopic (exact) mass is 445 g/mol. The van der Waals surface area contributed by atoms with Crippen LogP contribution < -0.4 is 5.32 Å². The molecule has 168 valence electrons. The maximum atomic E-state index is 12.9. The van der Waals surface area contributed by atoms with Crippen molar-refractivity contribution in [2.24, 2.45) is 5.10 Å². The maximum absolute atomic E-state index is 12.9. The summed E-state index contributed by atoms with van der Waals surface area (Å²) in [6, 6.07) is 17.3. The first-order valence-corrected chi connectivity index (χ1v) is 10.5. The van der Waals surface area contributed by atoms with Crippen molar-refractivity contribution in [3.63, 3.8) is 0 Å². The molecule has 1 aliphatic rings. The zero-order chi connectivity index (χ0) is 23.4. The molecule has 1 aliphatic heterocycles. The zero-order valence-electron chi connectivity index (χ0n) is 18.3. The van der Waals surface area contributed by atoms with E-state index >= 15 is 0 Å². The number of aryl methyl sites for hydroxylation is 1. The van der Waals surface area contributed by atoms with Gasteiger partial charge in [-0.25, -0.2) is 9.80 Å². The number of ether oxygens (including phenoxy) is 1. The second kappa shape index (κ2) is 9.52. The SMILES string of the molecule is CC(=O)Nc1ccc(C(=O)OCC(=O)N2N=C(c3ccc(C)cc3)CC2c2ccco2)cc1. The number of amides is 2. The van der Waals surface area contributed by atoms with Gasteiger partial charge in [0.05, 0.1) is 17.5 Å². The molecule has 0 radical (unpaired) electrons. The summed E-state index contributed by atoms with van der Waals surface area (Å²) >= 11 is 0. The van der Waals surface area contributed by atoms with E-state index < -0.39 is 24.5 Å². The van der Waals surface area contributed by atoms with Crippen molar-refractivity contribution in [3.05, 3.63) is 89.4 Å². The number of furan rings is 1. The predicted octanol–water partition coefficient (Wildman–Crippen LogP) is 4.08. The minimum Gasteiger partial charge on any atom is -0.467 e. The highest BCUT2D eigenvalue weighted by Crippen LogP contribution is 2.33. The lowest BCUT2D eigenvalue weighted by molar-refractivity contribution is -0.136. The van der Waals surface area contributed by atoms with Gasteiger partial charge in [-0.05, 0) is 48.9 Å². The molecule has 33 heavy (non-hydrogen) atoms. The number of esters is 1. The second-order valence-corrected chi connectivity index (χ2v) is 7.72. The highest BCUT2D eigenvalue weighted by atomic mass is 16.5. The van der Waals surface area contributed by atoms with E-state index in [1.54, 1.807) is 30.5 Å². The van der Waals surface area contributed by atoms with E-state index in [0.717, 1.165) is 16.8 Å². The van der Waals surface area contributed by atoms with E-state index in [9.17, 15) is 14.4 Å². The molecule has 0 saturated heterocycles. The van der Waals surface area contributed by atoms with Gasteiger partial charge >= 0.3 is 5.97 Å². The highest BCUT2D eigenvalue weighted by molar-refractivity contribution is 6.03. The summed E-state index contributed by atoms with van der Waals surface area (Å²) in [5.74, 6) is -0.705. The molecule has 3 aromatic rings. The van der Waals surface area contributed by atoms with Gasteiger partial charge in [-0.2, -0.15) is 5.10 Å². The fourth-order valence-corrected chi connectivity index (χ4v) is 3.53. The van der Waals surface area contributed by atoms with Crippen LogP contribution in [0.15, 0.2) is 76.4 Å². The number of hydrogen-bond donors (Lipinski definition) is 1. The number of hydrogen-bond acceptors (Lipinski definition) is 6. The standard InChI is InChI=1S/C25H23N3O5/c1-16-5-7-18(8-6-16)21-14-22(23-4-3-13-32-23)28(27-21)24(30)15-33-25(31)19-9-11-20(12-10-19)26-17(2)29/h3-13,22H,14-15H2,1-2H3,(H,26,29). The lowest BCUT2D eigenvalue weighted by Gasteiger charge is -2.19. The Morgan fingerprint density at radius 3 is 2.45 bits per heavy atom. The van der Waals surface area contributed by atoms with Crippen LogP contribution in [0.2, 0.25) is 0 Å². The molecule has 1 N–H and O–H groups in total. The lowest BCUT2D eigenvalue weighted by Crippen LogP contribution is -2.31. The van der Waals surface area contributed by atoms with Gasteiger partial charge in [0.15, 0.2) is 6.61 Å². The van der Waals surface area contributed by atoms with Crippen LogP contribution in [0.5, 0.6) is 0 Å². The Labute approximate surface area is 190 Å². The van der Waals surface area contributed by atoms with Crippen molar-refractivity contribution in [2.45, 2.75) is 26.3 Å². The molecule has 0 spiro atoms. The Hall–Kier alpha value is -4.20. The maximum Gasteiger partial charge on any atom is 0.338 e. The molecule has 1 atom stereocenters. The molecule has 0 bridgehead atoms. The summed E-state index contributed by atoms with van der Waals surface area (Å²) in [6.45, 7) is 2.94. The number of benzene rings is 2. The molecular weight excluding hydrogens is 422 g/mol. The molecular formula is C25H23N3O5. The van der Waals surface area contributed by atoms with Crippen molar-refractivity contribution in [1.82, 2.24) is 5.01 Å². The van der Waals surface area contributed by atoms with Crippen LogP contribution in [0, 0.1) is 6.92 Å². The number of carbonyl (C=O) groups is 3. The van der Waals surface area contributed by atoms with Crippen LogP contribution >= 0.6 is 0 Å². The minimum absolute atomic E-state index is 0.210. The summed E-state index contributed by atoms with van der Waals surface area (Å²) in [4.78, 5) is 36.4.